The Hall–Kier alpha value is -2.65. The number of nitrogens with one attached hydrogen (secondary N) is 1. The Morgan fingerprint density at radius 3 is 2.44 bits per heavy atom. The van der Waals surface area contributed by atoms with Crippen LogP contribution in [0.3, 0.4) is 0 Å². The van der Waals surface area contributed by atoms with Crippen molar-refractivity contribution in [2.75, 3.05) is 12.4 Å². The minimum absolute atomic E-state index is 0.511. The van der Waals surface area contributed by atoms with Gasteiger partial charge in [0.2, 0.25) is 0 Å². The molecule has 0 aliphatic heterocycles. The van der Waals surface area contributed by atoms with Crippen molar-refractivity contribution in [3.63, 3.8) is 0 Å². The minimum Gasteiger partial charge on any atom is -0.493 e. The summed E-state index contributed by atoms with van der Waals surface area (Å²) in [5.74, 6) is 1.46. The summed E-state index contributed by atoms with van der Waals surface area (Å²) in [6, 6.07) is 23.7. The zero-order chi connectivity index (χ0) is 17.5. The lowest BCUT2D eigenvalue weighted by Crippen LogP contribution is -2.01. The second-order valence-corrected chi connectivity index (χ2v) is 6.06. The average molecular weight is 354 g/mol. The summed E-state index contributed by atoms with van der Waals surface area (Å²) in [5.41, 5.74) is 3.20. The van der Waals surface area contributed by atoms with E-state index in [2.05, 4.69) is 5.32 Å². The lowest BCUT2D eigenvalue weighted by molar-refractivity contribution is 0.284. The van der Waals surface area contributed by atoms with Crippen molar-refractivity contribution in [2.45, 2.75) is 13.2 Å². The molecular weight excluding hydrogens is 334 g/mol. The van der Waals surface area contributed by atoms with Crippen LogP contribution >= 0.6 is 11.6 Å². The molecule has 0 heterocycles. The molecule has 0 fully saturated rings. The molecule has 0 aliphatic rings. The van der Waals surface area contributed by atoms with E-state index < -0.39 is 0 Å². The Balaban J connectivity index is 1.64. The van der Waals surface area contributed by atoms with E-state index in [1.54, 1.807) is 7.11 Å². The van der Waals surface area contributed by atoms with Crippen LogP contribution in [0.15, 0.2) is 72.8 Å². The van der Waals surface area contributed by atoms with Crippen LogP contribution < -0.4 is 14.8 Å². The minimum atomic E-state index is 0.511. The molecule has 0 saturated heterocycles. The van der Waals surface area contributed by atoms with Crippen LogP contribution in [0.1, 0.15) is 11.1 Å². The molecular formula is C21H20ClNO2. The molecule has 0 bridgehead atoms. The van der Waals surface area contributed by atoms with Gasteiger partial charge in [0.1, 0.15) is 6.61 Å². The lowest BCUT2D eigenvalue weighted by atomic mass is 10.2. The van der Waals surface area contributed by atoms with Gasteiger partial charge in [0.05, 0.1) is 7.11 Å². The molecule has 3 aromatic rings. The van der Waals surface area contributed by atoms with Gasteiger partial charge in [-0.25, -0.2) is 0 Å². The van der Waals surface area contributed by atoms with Gasteiger partial charge in [0, 0.05) is 17.3 Å². The average Bonchev–Trinajstić information content (AvgIpc) is 2.66. The number of halogens is 1. The third-order valence-corrected chi connectivity index (χ3v) is 4.02. The highest BCUT2D eigenvalue weighted by Crippen LogP contribution is 2.29. The molecule has 3 nitrogen and oxygen atoms in total. The third-order valence-electron chi connectivity index (χ3n) is 3.79. The van der Waals surface area contributed by atoms with Crippen LogP contribution in [0.2, 0.25) is 5.02 Å². The second kappa shape index (κ2) is 8.45. The quantitative estimate of drug-likeness (QED) is 0.605. The van der Waals surface area contributed by atoms with Crippen molar-refractivity contribution < 1.29 is 9.47 Å². The number of rotatable bonds is 7. The summed E-state index contributed by atoms with van der Waals surface area (Å²) in [4.78, 5) is 0. The zero-order valence-electron chi connectivity index (χ0n) is 14.0. The van der Waals surface area contributed by atoms with Gasteiger partial charge in [-0.05, 0) is 41.5 Å². The molecule has 3 aromatic carbocycles. The first-order chi connectivity index (χ1) is 12.2. The molecule has 0 saturated carbocycles. The van der Waals surface area contributed by atoms with Crippen molar-refractivity contribution in [3.05, 3.63) is 88.9 Å². The third kappa shape index (κ3) is 4.91. The first-order valence-corrected chi connectivity index (χ1v) is 8.45. The highest BCUT2D eigenvalue weighted by Gasteiger charge is 2.06. The van der Waals surface area contributed by atoms with Crippen LogP contribution in [0.5, 0.6) is 11.5 Å². The maximum absolute atomic E-state index is 6.00. The normalized spacial score (nSPS) is 10.3. The summed E-state index contributed by atoms with van der Waals surface area (Å²) in [7, 11) is 1.65. The second-order valence-electron chi connectivity index (χ2n) is 5.62. The molecule has 1 N–H and O–H groups in total. The fraction of sp³-hybridized carbons (Fsp3) is 0.143. The van der Waals surface area contributed by atoms with Crippen LogP contribution in [0, 0.1) is 0 Å². The summed E-state index contributed by atoms with van der Waals surface area (Å²) in [6.07, 6.45) is 0. The van der Waals surface area contributed by atoms with E-state index in [1.165, 1.54) is 0 Å². The Kier molecular flexibility index (Phi) is 5.81. The number of benzene rings is 3. The predicted octanol–water partition coefficient (Wildman–Crippen LogP) is 5.54. The summed E-state index contributed by atoms with van der Waals surface area (Å²) in [6.45, 7) is 1.19. The lowest BCUT2D eigenvalue weighted by Gasteiger charge is -2.13. The van der Waals surface area contributed by atoms with E-state index >= 15 is 0 Å². The molecule has 3 rings (SSSR count). The molecule has 0 amide bonds. The van der Waals surface area contributed by atoms with Crippen LogP contribution in [0.4, 0.5) is 5.69 Å². The van der Waals surface area contributed by atoms with Crippen LogP contribution in [-0.2, 0) is 13.2 Å². The fourth-order valence-corrected chi connectivity index (χ4v) is 2.67. The predicted molar refractivity (Wildman–Crippen MR) is 103 cm³/mol. The zero-order valence-corrected chi connectivity index (χ0v) is 14.8. The van der Waals surface area contributed by atoms with Crippen molar-refractivity contribution >= 4 is 17.3 Å². The topological polar surface area (TPSA) is 30.5 Å². The highest BCUT2D eigenvalue weighted by molar-refractivity contribution is 6.30. The largest absolute Gasteiger partial charge is 0.493 e. The summed E-state index contributed by atoms with van der Waals surface area (Å²) < 4.78 is 11.4. The summed E-state index contributed by atoms with van der Waals surface area (Å²) >= 11 is 6.00. The van der Waals surface area contributed by atoms with Gasteiger partial charge >= 0.3 is 0 Å². The van der Waals surface area contributed by atoms with Gasteiger partial charge in [-0.3, -0.25) is 0 Å². The van der Waals surface area contributed by atoms with Gasteiger partial charge in [-0.1, -0.05) is 54.1 Å². The van der Waals surface area contributed by atoms with E-state index in [1.807, 2.05) is 72.8 Å². The highest BCUT2D eigenvalue weighted by atomic mass is 35.5. The Morgan fingerprint density at radius 2 is 1.68 bits per heavy atom. The fourth-order valence-electron chi connectivity index (χ4n) is 2.48. The number of methoxy groups -OCH3 is 1. The molecule has 0 aromatic heterocycles. The SMILES string of the molecule is COc1cc(CNc2cccc(Cl)c2)ccc1OCc1ccccc1. The Labute approximate surface area is 153 Å². The molecule has 25 heavy (non-hydrogen) atoms. The van der Waals surface area contributed by atoms with Gasteiger partial charge in [-0.15, -0.1) is 0 Å². The summed E-state index contributed by atoms with van der Waals surface area (Å²) in [5, 5.41) is 4.06. The molecule has 0 unspecified atom stereocenters. The molecule has 0 atom stereocenters. The van der Waals surface area contributed by atoms with Crippen molar-refractivity contribution in [1.82, 2.24) is 0 Å². The maximum Gasteiger partial charge on any atom is 0.161 e. The maximum atomic E-state index is 6.00. The van der Waals surface area contributed by atoms with Gasteiger partial charge in [0.25, 0.3) is 0 Å². The van der Waals surface area contributed by atoms with E-state index in [4.69, 9.17) is 21.1 Å². The number of anilines is 1. The molecule has 4 heteroatoms. The first-order valence-electron chi connectivity index (χ1n) is 8.07. The van der Waals surface area contributed by atoms with Crippen LogP contribution in [-0.4, -0.2) is 7.11 Å². The molecule has 0 spiro atoms. The van der Waals surface area contributed by atoms with Crippen molar-refractivity contribution in [3.8, 4) is 11.5 Å². The smallest absolute Gasteiger partial charge is 0.161 e. The van der Waals surface area contributed by atoms with Gasteiger partial charge in [-0.2, -0.15) is 0 Å². The Bertz CT molecular complexity index is 821. The Morgan fingerprint density at radius 1 is 0.840 bits per heavy atom. The monoisotopic (exact) mass is 353 g/mol. The van der Waals surface area contributed by atoms with Crippen molar-refractivity contribution in [2.24, 2.45) is 0 Å². The molecule has 128 valence electrons. The number of hydrogen-bond donors (Lipinski definition) is 1. The number of ether oxygens (including phenoxy) is 2. The molecule has 0 radical (unpaired) electrons. The van der Waals surface area contributed by atoms with E-state index in [9.17, 15) is 0 Å². The van der Waals surface area contributed by atoms with E-state index in [0.29, 0.717) is 18.2 Å². The van der Waals surface area contributed by atoms with Gasteiger partial charge < -0.3 is 14.8 Å². The van der Waals surface area contributed by atoms with Crippen molar-refractivity contribution in [1.29, 1.82) is 0 Å². The number of hydrogen-bond acceptors (Lipinski definition) is 3. The first kappa shape index (κ1) is 17.2. The molecule has 0 aliphatic carbocycles. The van der Waals surface area contributed by atoms with Gasteiger partial charge in [0.15, 0.2) is 11.5 Å². The standard InChI is InChI=1S/C21H20ClNO2/c1-24-21-12-17(14-23-19-9-5-8-18(22)13-19)10-11-20(21)25-15-16-6-3-2-4-7-16/h2-13,23H,14-15H2,1H3. The van der Waals surface area contributed by atoms with E-state index in [0.717, 1.165) is 28.3 Å². The van der Waals surface area contributed by atoms with E-state index in [-0.39, 0.29) is 0 Å². The van der Waals surface area contributed by atoms with Crippen LogP contribution in [0.25, 0.3) is 0 Å².